The van der Waals surface area contributed by atoms with Crippen LogP contribution in [0.25, 0.3) is 31.9 Å². The normalized spacial score (nSPS) is 11.4. The van der Waals surface area contributed by atoms with Crippen LogP contribution in [0.4, 0.5) is 34.1 Å². The van der Waals surface area contributed by atoms with Crippen LogP contribution in [0.15, 0.2) is 182 Å². The topological polar surface area (TPSA) is 19.4 Å². The summed E-state index contributed by atoms with van der Waals surface area (Å²) in [6.45, 7) is 6.76. The van der Waals surface area contributed by atoms with Gasteiger partial charge in [0, 0.05) is 39.7 Å². The lowest BCUT2D eigenvalue weighted by Gasteiger charge is -2.27. The molecule has 0 amide bonds. The zero-order chi connectivity index (χ0) is 34.8. The van der Waals surface area contributed by atoms with Crippen molar-refractivity contribution in [1.29, 1.82) is 0 Å². The van der Waals surface area contributed by atoms with Gasteiger partial charge in [-0.1, -0.05) is 106 Å². The first-order valence-electron chi connectivity index (χ1n) is 17.4. The molecule has 0 N–H and O–H groups in total. The van der Waals surface area contributed by atoms with Gasteiger partial charge < -0.3 is 9.80 Å². The van der Waals surface area contributed by atoms with E-state index in [1.165, 1.54) is 21.4 Å². The van der Waals surface area contributed by atoms with Crippen molar-refractivity contribution in [3.8, 4) is 21.7 Å². The van der Waals surface area contributed by atoms with Crippen molar-refractivity contribution in [2.45, 2.75) is 26.2 Å². The third-order valence-corrected chi connectivity index (χ3v) is 10.4. The second kappa shape index (κ2) is 13.7. The average molecular weight is 678 g/mol. The van der Waals surface area contributed by atoms with Gasteiger partial charge in [0.25, 0.3) is 0 Å². The molecule has 7 aromatic carbocycles. The van der Waals surface area contributed by atoms with Gasteiger partial charge in [-0.15, -0.1) is 11.3 Å². The Morgan fingerprint density at radius 1 is 0.392 bits per heavy atom. The number of fused-ring (bicyclic) bond motifs is 1. The third kappa shape index (κ3) is 6.79. The van der Waals surface area contributed by atoms with E-state index in [1.807, 2.05) is 6.07 Å². The fourth-order valence-corrected chi connectivity index (χ4v) is 7.48. The number of rotatable bonds is 8. The molecule has 0 atom stereocenters. The summed E-state index contributed by atoms with van der Waals surface area (Å²) in [4.78, 5) is 9.49. The molecule has 0 fully saturated rings. The lowest BCUT2D eigenvalue weighted by atomic mass is 9.87. The van der Waals surface area contributed by atoms with Gasteiger partial charge in [-0.25, -0.2) is 4.98 Å². The standard InChI is InChI=1S/C47H39N3S/c1-47(2,3)37-24-32-43(33-25-37)50(39-14-8-5-9-15-39)41-28-20-35(21-29-41)34-18-26-40(27-19-34)49(38-12-6-4-7-13-38)42-30-22-36(23-31-42)46-48-44-16-10-11-17-45(44)51-46/h4-33H,1-3H3. The maximum Gasteiger partial charge on any atom is 0.124 e. The first kappa shape index (κ1) is 32.2. The molecule has 0 radical (unpaired) electrons. The van der Waals surface area contributed by atoms with Gasteiger partial charge >= 0.3 is 0 Å². The van der Waals surface area contributed by atoms with Gasteiger partial charge in [0.05, 0.1) is 10.2 Å². The number of aromatic nitrogens is 1. The van der Waals surface area contributed by atoms with Crippen LogP contribution < -0.4 is 9.80 Å². The van der Waals surface area contributed by atoms with Crippen molar-refractivity contribution >= 4 is 55.7 Å². The number of anilines is 6. The summed E-state index contributed by atoms with van der Waals surface area (Å²) in [6, 6.07) is 64.9. The van der Waals surface area contributed by atoms with E-state index in [1.54, 1.807) is 11.3 Å². The SMILES string of the molecule is CC(C)(C)c1ccc(N(c2ccccc2)c2ccc(-c3ccc(N(c4ccccc4)c4ccc(-c5nc6ccccc6s5)cc4)cc3)cc2)cc1. The zero-order valence-electron chi connectivity index (χ0n) is 29.1. The minimum absolute atomic E-state index is 0.105. The maximum absolute atomic E-state index is 4.87. The van der Waals surface area contributed by atoms with Crippen molar-refractivity contribution in [2.24, 2.45) is 0 Å². The smallest absolute Gasteiger partial charge is 0.124 e. The van der Waals surface area contributed by atoms with Crippen molar-refractivity contribution in [1.82, 2.24) is 4.98 Å². The van der Waals surface area contributed by atoms with Crippen molar-refractivity contribution in [2.75, 3.05) is 9.80 Å². The number of hydrogen-bond acceptors (Lipinski definition) is 4. The van der Waals surface area contributed by atoms with Gasteiger partial charge in [0.15, 0.2) is 0 Å². The van der Waals surface area contributed by atoms with Gasteiger partial charge in [0.2, 0.25) is 0 Å². The fourth-order valence-electron chi connectivity index (χ4n) is 6.51. The van der Waals surface area contributed by atoms with Crippen LogP contribution >= 0.6 is 11.3 Å². The van der Waals surface area contributed by atoms with Crippen molar-refractivity contribution in [3.05, 3.63) is 188 Å². The number of benzene rings is 7. The van der Waals surface area contributed by atoms with E-state index in [2.05, 4.69) is 206 Å². The number of thiazole rings is 1. The van der Waals surface area contributed by atoms with E-state index in [0.717, 1.165) is 50.2 Å². The second-order valence-corrected chi connectivity index (χ2v) is 14.8. The Bertz CT molecular complexity index is 2320. The highest BCUT2D eigenvalue weighted by Gasteiger charge is 2.17. The van der Waals surface area contributed by atoms with Gasteiger partial charge in [-0.3, -0.25) is 0 Å². The molecule has 51 heavy (non-hydrogen) atoms. The largest absolute Gasteiger partial charge is 0.311 e. The highest BCUT2D eigenvalue weighted by atomic mass is 32.1. The van der Waals surface area contributed by atoms with Crippen LogP contribution in [0.2, 0.25) is 0 Å². The quantitative estimate of drug-likeness (QED) is 0.160. The van der Waals surface area contributed by atoms with E-state index in [0.29, 0.717) is 0 Å². The third-order valence-electron chi connectivity index (χ3n) is 9.27. The van der Waals surface area contributed by atoms with Crippen LogP contribution in [-0.4, -0.2) is 4.98 Å². The van der Waals surface area contributed by atoms with E-state index in [-0.39, 0.29) is 5.41 Å². The van der Waals surface area contributed by atoms with Gasteiger partial charge in [-0.2, -0.15) is 0 Å². The first-order valence-corrected chi connectivity index (χ1v) is 18.2. The fraction of sp³-hybridized carbons (Fsp3) is 0.0851. The Morgan fingerprint density at radius 2 is 0.765 bits per heavy atom. The molecule has 0 bridgehead atoms. The molecule has 248 valence electrons. The molecule has 8 rings (SSSR count). The first-order chi connectivity index (χ1) is 24.9. The number of hydrogen-bond donors (Lipinski definition) is 0. The summed E-state index contributed by atoms with van der Waals surface area (Å²) in [5, 5.41) is 1.04. The molecule has 0 saturated heterocycles. The Morgan fingerprint density at radius 3 is 1.20 bits per heavy atom. The minimum atomic E-state index is 0.105. The molecule has 0 unspecified atom stereocenters. The number of para-hydroxylation sites is 3. The Hall–Kier alpha value is -5.97. The van der Waals surface area contributed by atoms with Crippen LogP contribution in [0.1, 0.15) is 26.3 Å². The predicted octanol–water partition coefficient (Wildman–Crippen LogP) is 13.9. The van der Waals surface area contributed by atoms with Crippen LogP contribution in [0.5, 0.6) is 0 Å². The highest BCUT2D eigenvalue weighted by molar-refractivity contribution is 7.21. The van der Waals surface area contributed by atoms with E-state index >= 15 is 0 Å². The van der Waals surface area contributed by atoms with E-state index in [4.69, 9.17) is 4.98 Å². The second-order valence-electron chi connectivity index (χ2n) is 13.8. The Labute approximate surface area is 304 Å². The van der Waals surface area contributed by atoms with Crippen LogP contribution in [-0.2, 0) is 5.41 Å². The monoisotopic (exact) mass is 677 g/mol. The Balaban J connectivity index is 1.08. The molecular formula is C47H39N3S. The summed E-state index contributed by atoms with van der Waals surface area (Å²) in [5.74, 6) is 0. The van der Waals surface area contributed by atoms with Crippen molar-refractivity contribution in [3.63, 3.8) is 0 Å². The summed E-state index contributed by atoms with van der Waals surface area (Å²) >= 11 is 1.73. The molecule has 1 heterocycles. The van der Waals surface area contributed by atoms with E-state index < -0.39 is 0 Å². The zero-order valence-corrected chi connectivity index (χ0v) is 29.9. The summed E-state index contributed by atoms with van der Waals surface area (Å²) in [5.41, 5.74) is 12.6. The molecule has 0 spiro atoms. The van der Waals surface area contributed by atoms with Gasteiger partial charge in [-0.05, 0) is 119 Å². The molecule has 3 nitrogen and oxygen atoms in total. The lowest BCUT2D eigenvalue weighted by Crippen LogP contribution is -2.13. The molecule has 0 saturated carbocycles. The Kier molecular flexibility index (Phi) is 8.69. The van der Waals surface area contributed by atoms with Crippen LogP contribution in [0, 0.1) is 0 Å². The lowest BCUT2D eigenvalue weighted by molar-refractivity contribution is 0.590. The molecule has 1 aromatic heterocycles. The average Bonchev–Trinajstić information content (AvgIpc) is 3.61. The van der Waals surface area contributed by atoms with Crippen LogP contribution in [0.3, 0.4) is 0 Å². The molecular weight excluding hydrogens is 639 g/mol. The molecule has 4 heteroatoms. The molecule has 0 aliphatic carbocycles. The number of nitrogens with zero attached hydrogens (tertiary/aromatic N) is 3. The molecule has 0 aliphatic heterocycles. The van der Waals surface area contributed by atoms with Gasteiger partial charge in [0.1, 0.15) is 5.01 Å². The predicted molar refractivity (Wildman–Crippen MR) is 219 cm³/mol. The minimum Gasteiger partial charge on any atom is -0.311 e. The molecule has 0 aliphatic rings. The molecule has 8 aromatic rings. The summed E-state index contributed by atoms with van der Waals surface area (Å²) in [6.07, 6.45) is 0. The van der Waals surface area contributed by atoms with Crippen molar-refractivity contribution < 1.29 is 0 Å². The summed E-state index contributed by atoms with van der Waals surface area (Å²) < 4.78 is 1.21. The summed E-state index contributed by atoms with van der Waals surface area (Å²) in [7, 11) is 0. The maximum atomic E-state index is 4.87. The highest BCUT2D eigenvalue weighted by Crippen LogP contribution is 2.39. The van der Waals surface area contributed by atoms with E-state index in [9.17, 15) is 0 Å².